The molecule has 1 heterocycles. The van der Waals surface area contributed by atoms with Crippen LogP contribution < -0.4 is 4.74 Å². The molecule has 146 valence electrons. The molecule has 1 aliphatic rings. The third-order valence-electron chi connectivity index (χ3n) is 5.59. The number of hydrogen-bond acceptors (Lipinski definition) is 1. The SMILES string of the molecule is Cc1cc(/C(=C2\COc3ccc(-c4ccccc4)cc32)c2ccccc2)ccc1F. The van der Waals surface area contributed by atoms with E-state index < -0.39 is 0 Å². The molecule has 2 heteroatoms. The highest BCUT2D eigenvalue weighted by Gasteiger charge is 2.24. The van der Waals surface area contributed by atoms with Crippen LogP contribution in [0.5, 0.6) is 5.75 Å². The Balaban J connectivity index is 1.74. The van der Waals surface area contributed by atoms with Gasteiger partial charge in [0.15, 0.2) is 0 Å². The van der Waals surface area contributed by atoms with Crippen LogP contribution in [0.2, 0.25) is 0 Å². The van der Waals surface area contributed by atoms with Gasteiger partial charge in [0.1, 0.15) is 18.2 Å². The molecule has 0 unspecified atom stereocenters. The van der Waals surface area contributed by atoms with Gasteiger partial charge >= 0.3 is 0 Å². The molecule has 0 fully saturated rings. The number of halogens is 1. The summed E-state index contributed by atoms with van der Waals surface area (Å²) in [5.74, 6) is 0.697. The quantitative estimate of drug-likeness (QED) is 0.360. The zero-order valence-corrected chi connectivity index (χ0v) is 16.7. The maximum atomic E-state index is 14.0. The summed E-state index contributed by atoms with van der Waals surface area (Å²) in [6.07, 6.45) is 0. The molecule has 0 N–H and O–H groups in total. The lowest BCUT2D eigenvalue weighted by Crippen LogP contribution is -1.98. The maximum absolute atomic E-state index is 14.0. The molecule has 0 radical (unpaired) electrons. The second kappa shape index (κ2) is 7.64. The van der Waals surface area contributed by atoms with Crippen molar-refractivity contribution in [3.05, 3.63) is 125 Å². The average Bonchev–Trinajstić information content (AvgIpc) is 3.21. The van der Waals surface area contributed by atoms with E-state index in [1.54, 1.807) is 13.0 Å². The first kappa shape index (κ1) is 18.4. The summed E-state index contributed by atoms with van der Waals surface area (Å²) in [5.41, 5.74) is 8.36. The van der Waals surface area contributed by atoms with E-state index in [4.69, 9.17) is 4.74 Å². The monoisotopic (exact) mass is 392 g/mol. The third kappa shape index (κ3) is 3.31. The van der Waals surface area contributed by atoms with Gasteiger partial charge in [-0.05, 0) is 64.6 Å². The second-order valence-corrected chi connectivity index (χ2v) is 7.55. The second-order valence-electron chi connectivity index (χ2n) is 7.55. The van der Waals surface area contributed by atoms with Gasteiger partial charge in [-0.1, -0.05) is 72.8 Å². The van der Waals surface area contributed by atoms with E-state index in [0.717, 1.165) is 39.1 Å². The zero-order valence-electron chi connectivity index (χ0n) is 16.7. The highest BCUT2D eigenvalue weighted by molar-refractivity contribution is 6.01. The summed E-state index contributed by atoms with van der Waals surface area (Å²) < 4.78 is 20.0. The molecule has 0 aromatic heterocycles. The number of ether oxygens (including phenoxy) is 1. The summed E-state index contributed by atoms with van der Waals surface area (Å²) in [6, 6.07) is 32.3. The van der Waals surface area contributed by atoms with Crippen molar-refractivity contribution in [3.8, 4) is 16.9 Å². The van der Waals surface area contributed by atoms with Crippen LogP contribution in [-0.4, -0.2) is 6.61 Å². The summed E-state index contributed by atoms with van der Waals surface area (Å²) in [5, 5.41) is 0. The molecule has 4 aromatic carbocycles. The Labute approximate surface area is 176 Å². The third-order valence-corrected chi connectivity index (χ3v) is 5.59. The molecule has 0 saturated heterocycles. The topological polar surface area (TPSA) is 9.23 Å². The molecular formula is C28H21FO. The van der Waals surface area contributed by atoms with Crippen LogP contribution in [0.3, 0.4) is 0 Å². The molecule has 4 aromatic rings. The first-order chi connectivity index (χ1) is 14.7. The molecule has 0 aliphatic carbocycles. The van der Waals surface area contributed by atoms with Gasteiger partial charge in [0.05, 0.1) is 0 Å². The maximum Gasteiger partial charge on any atom is 0.127 e. The molecular weight excluding hydrogens is 371 g/mol. The van der Waals surface area contributed by atoms with Crippen LogP contribution in [0, 0.1) is 12.7 Å². The predicted molar refractivity (Wildman–Crippen MR) is 121 cm³/mol. The molecule has 0 atom stereocenters. The van der Waals surface area contributed by atoms with Crippen LogP contribution in [0.15, 0.2) is 97.1 Å². The Morgan fingerprint density at radius 3 is 2.20 bits per heavy atom. The Hall–Kier alpha value is -3.65. The van der Waals surface area contributed by atoms with E-state index in [1.165, 1.54) is 5.56 Å². The predicted octanol–water partition coefficient (Wildman–Crippen LogP) is 7.15. The minimum atomic E-state index is -0.189. The molecule has 30 heavy (non-hydrogen) atoms. The van der Waals surface area contributed by atoms with Crippen LogP contribution in [-0.2, 0) is 0 Å². The molecule has 0 spiro atoms. The van der Waals surface area contributed by atoms with Crippen molar-refractivity contribution < 1.29 is 9.13 Å². The lowest BCUT2D eigenvalue weighted by Gasteiger charge is -2.14. The number of benzene rings is 4. The Bertz CT molecular complexity index is 1240. The van der Waals surface area contributed by atoms with Gasteiger partial charge in [-0.15, -0.1) is 0 Å². The van der Waals surface area contributed by atoms with Gasteiger partial charge in [0, 0.05) is 11.1 Å². The molecule has 0 bridgehead atoms. The van der Waals surface area contributed by atoms with E-state index in [1.807, 2.05) is 54.6 Å². The average molecular weight is 392 g/mol. The van der Waals surface area contributed by atoms with Crippen LogP contribution in [0.25, 0.3) is 22.3 Å². The first-order valence-electron chi connectivity index (χ1n) is 10.1. The molecule has 1 nitrogen and oxygen atoms in total. The van der Waals surface area contributed by atoms with Crippen molar-refractivity contribution in [1.82, 2.24) is 0 Å². The van der Waals surface area contributed by atoms with Crippen molar-refractivity contribution in [1.29, 1.82) is 0 Å². The standard InChI is InChI=1S/C28H21FO/c1-19-16-23(12-14-26(19)29)28(21-10-6-3-7-11-21)25-18-30-27-15-13-22(17-24(25)27)20-8-4-2-5-9-20/h2-17H,18H2,1H3/b28-25+. The highest BCUT2D eigenvalue weighted by Crippen LogP contribution is 2.42. The lowest BCUT2D eigenvalue weighted by atomic mass is 9.89. The van der Waals surface area contributed by atoms with E-state index in [2.05, 4.69) is 36.4 Å². The Morgan fingerprint density at radius 1 is 0.733 bits per heavy atom. The lowest BCUT2D eigenvalue weighted by molar-refractivity contribution is 0.388. The van der Waals surface area contributed by atoms with E-state index >= 15 is 0 Å². The normalized spacial score (nSPS) is 14.2. The van der Waals surface area contributed by atoms with Gasteiger partial charge in [-0.3, -0.25) is 0 Å². The van der Waals surface area contributed by atoms with Gasteiger partial charge in [-0.2, -0.15) is 0 Å². The number of fused-ring (bicyclic) bond motifs is 1. The number of hydrogen-bond donors (Lipinski definition) is 0. The van der Waals surface area contributed by atoms with Gasteiger partial charge in [0.2, 0.25) is 0 Å². The van der Waals surface area contributed by atoms with Crippen LogP contribution in [0.1, 0.15) is 22.3 Å². The van der Waals surface area contributed by atoms with Crippen molar-refractivity contribution >= 4 is 11.1 Å². The summed E-state index contributed by atoms with van der Waals surface area (Å²) in [4.78, 5) is 0. The smallest absolute Gasteiger partial charge is 0.127 e. The van der Waals surface area contributed by atoms with Gasteiger partial charge in [-0.25, -0.2) is 4.39 Å². The van der Waals surface area contributed by atoms with Crippen LogP contribution in [0.4, 0.5) is 4.39 Å². The first-order valence-corrected chi connectivity index (χ1v) is 10.1. The summed E-state index contributed by atoms with van der Waals surface area (Å²) >= 11 is 0. The van der Waals surface area contributed by atoms with Crippen molar-refractivity contribution in [2.24, 2.45) is 0 Å². The van der Waals surface area contributed by atoms with Crippen molar-refractivity contribution in [2.45, 2.75) is 6.92 Å². The van der Waals surface area contributed by atoms with E-state index in [9.17, 15) is 4.39 Å². The van der Waals surface area contributed by atoms with Gasteiger partial charge < -0.3 is 4.74 Å². The van der Waals surface area contributed by atoms with Crippen molar-refractivity contribution in [2.75, 3.05) is 6.61 Å². The minimum Gasteiger partial charge on any atom is -0.488 e. The molecule has 0 amide bonds. The summed E-state index contributed by atoms with van der Waals surface area (Å²) in [7, 11) is 0. The van der Waals surface area contributed by atoms with E-state index in [-0.39, 0.29) is 5.82 Å². The van der Waals surface area contributed by atoms with Crippen molar-refractivity contribution in [3.63, 3.8) is 0 Å². The largest absolute Gasteiger partial charge is 0.488 e. The Morgan fingerprint density at radius 2 is 1.47 bits per heavy atom. The number of aryl methyl sites for hydroxylation is 1. The molecule has 5 rings (SSSR count). The number of rotatable bonds is 3. The Kier molecular flexibility index (Phi) is 4.68. The molecule has 0 saturated carbocycles. The fourth-order valence-corrected chi connectivity index (χ4v) is 4.06. The van der Waals surface area contributed by atoms with Gasteiger partial charge in [0.25, 0.3) is 0 Å². The summed E-state index contributed by atoms with van der Waals surface area (Å²) in [6.45, 7) is 2.30. The zero-order chi connectivity index (χ0) is 20.5. The molecule has 1 aliphatic heterocycles. The fourth-order valence-electron chi connectivity index (χ4n) is 4.06. The van der Waals surface area contributed by atoms with E-state index in [0.29, 0.717) is 12.2 Å². The van der Waals surface area contributed by atoms with Crippen LogP contribution >= 0.6 is 0 Å². The minimum absolute atomic E-state index is 0.189. The fraction of sp³-hybridized carbons (Fsp3) is 0.0714. The highest BCUT2D eigenvalue weighted by atomic mass is 19.1.